The first-order valence-electron chi connectivity index (χ1n) is 8.76. The van der Waals surface area contributed by atoms with Crippen LogP contribution in [-0.4, -0.2) is 25.5 Å². The third-order valence-corrected chi connectivity index (χ3v) is 5.30. The summed E-state index contributed by atoms with van der Waals surface area (Å²) in [6, 6.07) is 17.5. The van der Waals surface area contributed by atoms with E-state index < -0.39 is 0 Å². The maximum atomic E-state index is 13.0. The maximum Gasteiger partial charge on any atom is 0.276 e. The Kier molecular flexibility index (Phi) is 4.84. The Labute approximate surface area is 161 Å². The lowest BCUT2D eigenvalue weighted by molar-refractivity contribution is 0.0931. The number of nitrogens with zero attached hydrogens (tertiary/aromatic N) is 4. The van der Waals surface area contributed by atoms with Crippen molar-refractivity contribution in [3.8, 4) is 11.5 Å². The first-order valence-corrected chi connectivity index (χ1v) is 9.64. The number of hydrogen-bond donors (Lipinski definition) is 1. The van der Waals surface area contributed by atoms with Crippen LogP contribution in [0.25, 0.3) is 11.5 Å². The third kappa shape index (κ3) is 3.41. The Morgan fingerprint density at radius 1 is 1.11 bits per heavy atom. The van der Waals surface area contributed by atoms with Gasteiger partial charge in [0, 0.05) is 17.3 Å². The largest absolute Gasteiger partial charge is 0.343 e. The molecule has 1 unspecified atom stereocenters. The fraction of sp³-hybridized carbons (Fsp3) is 0.150. The lowest BCUT2D eigenvalue weighted by atomic mass is 10.2. The molecule has 0 saturated heterocycles. The standard InChI is InChI=1S/C20H19N5OS/c1-2-16(17-11-8-14-27-17)21-19(26)18-20(24-12-6-7-13-24)25(23-22-18)15-9-4-3-5-10-15/h3-14,16H,2H2,1H3,(H,21,26). The Morgan fingerprint density at radius 2 is 1.89 bits per heavy atom. The van der Waals surface area contributed by atoms with E-state index in [0.717, 1.165) is 17.0 Å². The molecule has 4 rings (SSSR count). The van der Waals surface area contributed by atoms with Crippen molar-refractivity contribution < 1.29 is 4.79 Å². The van der Waals surface area contributed by atoms with Crippen molar-refractivity contribution in [2.75, 3.05) is 0 Å². The molecule has 0 aliphatic heterocycles. The van der Waals surface area contributed by atoms with Crippen molar-refractivity contribution in [3.63, 3.8) is 0 Å². The molecule has 3 aromatic heterocycles. The van der Waals surface area contributed by atoms with Gasteiger partial charge in [-0.1, -0.05) is 36.4 Å². The number of rotatable bonds is 6. The number of aromatic nitrogens is 4. The smallest absolute Gasteiger partial charge is 0.276 e. The van der Waals surface area contributed by atoms with Crippen molar-refractivity contribution >= 4 is 17.2 Å². The van der Waals surface area contributed by atoms with E-state index in [1.165, 1.54) is 0 Å². The van der Waals surface area contributed by atoms with Gasteiger partial charge in [-0.2, -0.15) is 4.68 Å². The van der Waals surface area contributed by atoms with E-state index in [1.807, 2.05) is 76.9 Å². The monoisotopic (exact) mass is 377 g/mol. The van der Waals surface area contributed by atoms with Gasteiger partial charge in [0.25, 0.3) is 5.91 Å². The highest BCUT2D eigenvalue weighted by Gasteiger charge is 2.24. The van der Waals surface area contributed by atoms with Crippen LogP contribution in [0.2, 0.25) is 0 Å². The second-order valence-corrected chi connectivity index (χ2v) is 7.03. The van der Waals surface area contributed by atoms with Gasteiger partial charge in [-0.3, -0.25) is 4.79 Å². The number of para-hydroxylation sites is 1. The predicted molar refractivity (Wildman–Crippen MR) is 106 cm³/mol. The van der Waals surface area contributed by atoms with Crippen LogP contribution in [0.3, 0.4) is 0 Å². The van der Waals surface area contributed by atoms with Crippen molar-refractivity contribution in [2.24, 2.45) is 0 Å². The van der Waals surface area contributed by atoms with Crippen LogP contribution in [-0.2, 0) is 0 Å². The number of nitrogens with one attached hydrogen (secondary N) is 1. The second kappa shape index (κ2) is 7.59. The molecule has 0 bridgehead atoms. The number of thiophene rings is 1. The summed E-state index contributed by atoms with van der Waals surface area (Å²) in [4.78, 5) is 14.2. The van der Waals surface area contributed by atoms with Crippen LogP contribution in [0, 0.1) is 0 Å². The molecule has 1 amide bonds. The Bertz CT molecular complexity index is 1010. The van der Waals surface area contributed by atoms with Crippen molar-refractivity contribution in [1.82, 2.24) is 24.9 Å². The van der Waals surface area contributed by atoms with E-state index in [2.05, 4.69) is 22.6 Å². The zero-order valence-electron chi connectivity index (χ0n) is 14.8. The molecule has 136 valence electrons. The lowest BCUT2D eigenvalue weighted by Gasteiger charge is -2.15. The molecule has 0 spiro atoms. The molecule has 0 radical (unpaired) electrons. The fourth-order valence-electron chi connectivity index (χ4n) is 2.96. The molecule has 1 atom stereocenters. The van der Waals surface area contributed by atoms with E-state index in [4.69, 9.17) is 0 Å². The van der Waals surface area contributed by atoms with Gasteiger partial charge >= 0.3 is 0 Å². The zero-order valence-corrected chi connectivity index (χ0v) is 15.6. The van der Waals surface area contributed by atoms with Crippen LogP contribution < -0.4 is 5.32 Å². The number of carbonyl (C=O) groups is 1. The molecule has 1 aromatic carbocycles. The highest BCUT2D eigenvalue weighted by Crippen LogP contribution is 2.23. The fourth-order valence-corrected chi connectivity index (χ4v) is 3.83. The van der Waals surface area contributed by atoms with Crippen LogP contribution in [0.5, 0.6) is 0 Å². The average Bonchev–Trinajstić information content (AvgIpc) is 3.47. The molecule has 3 heterocycles. The van der Waals surface area contributed by atoms with Gasteiger partial charge in [0.15, 0.2) is 11.5 Å². The maximum absolute atomic E-state index is 13.0. The van der Waals surface area contributed by atoms with E-state index >= 15 is 0 Å². The van der Waals surface area contributed by atoms with Crippen LogP contribution in [0.1, 0.15) is 34.8 Å². The lowest BCUT2D eigenvalue weighted by Crippen LogP contribution is -2.29. The molecule has 0 aliphatic carbocycles. The second-order valence-electron chi connectivity index (χ2n) is 6.05. The molecule has 7 heteroatoms. The third-order valence-electron chi connectivity index (χ3n) is 4.31. The Balaban J connectivity index is 1.72. The minimum Gasteiger partial charge on any atom is -0.343 e. The molecule has 4 aromatic rings. The molecular formula is C20H19N5OS. The molecule has 0 aliphatic rings. The highest BCUT2D eigenvalue weighted by atomic mass is 32.1. The number of benzene rings is 1. The SMILES string of the molecule is CCC(NC(=O)c1nnn(-c2ccccc2)c1-n1cccc1)c1cccs1. The molecule has 1 N–H and O–H groups in total. The van der Waals surface area contributed by atoms with Gasteiger partial charge < -0.3 is 9.88 Å². The summed E-state index contributed by atoms with van der Waals surface area (Å²) in [5.41, 5.74) is 1.14. The van der Waals surface area contributed by atoms with E-state index in [0.29, 0.717) is 11.5 Å². The van der Waals surface area contributed by atoms with E-state index in [9.17, 15) is 4.79 Å². The van der Waals surface area contributed by atoms with E-state index in [-0.39, 0.29) is 11.9 Å². The van der Waals surface area contributed by atoms with Gasteiger partial charge in [-0.05, 0) is 42.1 Å². The molecule has 0 fully saturated rings. The average molecular weight is 377 g/mol. The summed E-state index contributed by atoms with van der Waals surface area (Å²) in [7, 11) is 0. The minimum atomic E-state index is -0.235. The van der Waals surface area contributed by atoms with Crippen molar-refractivity contribution in [3.05, 3.63) is 82.9 Å². The summed E-state index contributed by atoms with van der Waals surface area (Å²) in [5, 5.41) is 13.6. The summed E-state index contributed by atoms with van der Waals surface area (Å²) in [6.45, 7) is 2.05. The van der Waals surface area contributed by atoms with Crippen LogP contribution in [0.4, 0.5) is 0 Å². The Morgan fingerprint density at radius 3 is 2.56 bits per heavy atom. The molecule has 6 nitrogen and oxygen atoms in total. The normalized spacial score (nSPS) is 12.0. The van der Waals surface area contributed by atoms with Gasteiger partial charge in [0.1, 0.15) is 0 Å². The quantitative estimate of drug-likeness (QED) is 0.552. The van der Waals surface area contributed by atoms with E-state index in [1.54, 1.807) is 16.0 Å². The highest BCUT2D eigenvalue weighted by molar-refractivity contribution is 7.10. The van der Waals surface area contributed by atoms with Gasteiger partial charge in [0.2, 0.25) is 0 Å². The first kappa shape index (κ1) is 17.2. The molecule has 0 saturated carbocycles. The summed E-state index contributed by atoms with van der Waals surface area (Å²) >= 11 is 1.64. The summed E-state index contributed by atoms with van der Waals surface area (Å²) < 4.78 is 3.54. The van der Waals surface area contributed by atoms with Gasteiger partial charge in [0.05, 0.1) is 11.7 Å². The van der Waals surface area contributed by atoms with Gasteiger partial charge in [-0.25, -0.2) is 0 Å². The topological polar surface area (TPSA) is 64.7 Å². The van der Waals surface area contributed by atoms with Crippen molar-refractivity contribution in [1.29, 1.82) is 0 Å². The molecule has 27 heavy (non-hydrogen) atoms. The number of carbonyl (C=O) groups excluding carboxylic acids is 1. The zero-order chi connectivity index (χ0) is 18.6. The summed E-state index contributed by atoms with van der Waals surface area (Å²) in [5.74, 6) is 0.380. The first-order chi connectivity index (χ1) is 13.3. The van der Waals surface area contributed by atoms with Crippen LogP contribution in [0.15, 0.2) is 72.4 Å². The van der Waals surface area contributed by atoms with Gasteiger partial charge in [-0.15, -0.1) is 16.4 Å². The predicted octanol–water partition coefficient (Wildman–Crippen LogP) is 4.00. The van der Waals surface area contributed by atoms with Crippen molar-refractivity contribution in [2.45, 2.75) is 19.4 Å². The number of amides is 1. The Hall–Kier alpha value is -3.19. The van der Waals surface area contributed by atoms with Crippen LogP contribution >= 0.6 is 11.3 Å². The number of hydrogen-bond acceptors (Lipinski definition) is 4. The summed E-state index contributed by atoms with van der Waals surface area (Å²) in [6.07, 6.45) is 4.56. The molecular weight excluding hydrogens is 358 g/mol. The minimum absolute atomic E-state index is 0.0445.